The number of benzene rings is 4. The molecule has 0 radical (unpaired) electrons. The van der Waals surface area contributed by atoms with Crippen molar-refractivity contribution in [3.8, 4) is 22.3 Å². The van der Waals surface area contributed by atoms with Gasteiger partial charge >= 0.3 is 0 Å². The normalized spacial score (nSPS) is 18.2. The quantitative estimate of drug-likeness (QED) is 0.233. The van der Waals surface area contributed by atoms with Crippen molar-refractivity contribution in [3.63, 3.8) is 0 Å². The largest absolute Gasteiger partial charge is 0.0655 e. The number of fused-ring (bicyclic) bond motifs is 2. The first-order valence-electron chi connectivity index (χ1n) is 13.8. The maximum atomic E-state index is 2.47. The van der Waals surface area contributed by atoms with Gasteiger partial charge in [-0.3, -0.25) is 0 Å². The van der Waals surface area contributed by atoms with E-state index >= 15 is 0 Å². The molecule has 0 saturated carbocycles. The Labute approximate surface area is 224 Å². The van der Waals surface area contributed by atoms with Crippen LogP contribution in [0.2, 0.25) is 12.1 Å². The van der Waals surface area contributed by atoms with Crippen molar-refractivity contribution in [2.75, 3.05) is 0 Å². The summed E-state index contributed by atoms with van der Waals surface area (Å²) in [4.78, 5) is 0. The Morgan fingerprint density at radius 2 is 0.892 bits per heavy atom. The fourth-order valence-corrected chi connectivity index (χ4v) is 9.34. The van der Waals surface area contributed by atoms with Gasteiger partial charge in [0.2, 0.25) is 0 Å². The van der Waals surface area contributed by atoms with Gasteiger partial charge in [0.25, 0.3) is 0 Å². The van der Waals surface area contributed by atoms with Crippen LogP contribution in [0, 0.1) is 13.8 Å². The summed E-state index contributed by atoms with van der Waals surface area (Å²) in [6.07, 6.45) is 4.95. The molecule has 0 aromatic heterocycles. The van der Waals surface area contributed by atoms with Crippen LogP contribution in [-0.4, -0.2) is 9.52 Å². The van der Waals surface area contributed by atoms with E-state index in [4.69, 9.17) is 0 Å². The molecule has 0 aliphatic heterocycles. The second-order valence-electron chi connectivity index (χ2n) is 11.1. The average Bonchev–Trinajstić information content (AvgIpc) is 3.40. The summed E-state index contributed by atoms with van der Waals surface area (Å²) in [7, 11) is -0.238. The van der Waals surface area contributed by atoms with Crippen LogP contribution < -0.4 is 0 Å². The van der Waals surface area contributed by atoms with Gasteiger partial charge in [0.15, 0.2) is 0 Å². The lowest BCUT2D eigenvalue weighted by molar-refractivity contribution is 0.876. The summed E-state index contributed by atoms with van der Waals surface area (Å²) >= 11 is 0. The average molecular weight is 497 g/mol. The van der Waals surface area contributed by atoms with E-state index in [0.717, 1.165) is 0 Å². The molecule has 4 aromatic carbocycles. The SMILES string of the molecule is CC1=Cc2c(-c3ccccc3C)cccc2C1C[SiH2]CC1C(C)=Cc2c(-c3ccccc3C)cccc21. The Morgan fingerprint density at radius 3 is 1.32 bits per heavy atom. The smallest absolute Gasteiger partial charge is 0.0218 e. The predicted molar refractivity (Wildman–Crippen MR) is 164 cm³/mol. The van der Waals surface area contributed by atoms with E-state index in [1.165, 1.54) is 56.6 Å². The zero-order chi connectivity index (χ0) is 25.5. The van der Waals surface area contributed by atoms with Crippen LogP contribution in [0.5, 0.6) is 0 Å². The number of hydrogen-bond acceptors (Lipinski definition) is 0. The molecule has 37 heavy (non-hydrogen) atoms. The minimum atomic E-state index is -0.238. The Balaban J connectivity index is 1.22. The third-order valence-corrected chi connectivity index (χ3v) is 10.7. The van der Waals surface area contributed by atoms with E-state index < -0.39 is 0 Å². The Hall–Kier alpha value is -3.42. The summed E-state index contributed by atoms with van der Waals surface area (Å²) in [5, 5.41) is 0. The third-order valence-electron chi connectivity index (χ3n) is 8.73. The van der Waals surface area contributed by atoms with Gasteiger partial charge in [0, 0.05) is 21.4 Å². The van der Waals surface area contributed by atoms with Gasteiger partial charge in [0.1, 0.15) is 0 Å². The molecule has 0 heterocycles. The standard InChI is InChI=1S/C36H36Si/c1-23-11-5-7-13-27(23)29-15-9-17-31-33(29)19-25(3)35(31)21-37-22-36-26(4)20-34-30(16-10-18-32(34)36)28-14-8-6-12-24(28)2/h5-20,35-36H,21-22,37H2,1-4H3. The van der Waals surface area contributed by atoms with E-state index in [0.29, 0.717) is 11.8 Å². The minimum Gasteiger partial charge on any atom is -0.0655 e. The monoisotopic (exact) mass is 496 g/mol. The third kappa shape index (κ3) is 4.26. The molecule has 0 nitrogen and oxygen atoms in total. The number of rotatable bonds is 6. The molecule has 0 amide bonds. The lowest BCUT2D eigenvalue weighted by atomic mass is 9.91. The van der Waals surface area contributed by atoms with Crippen molar-refractivity contribution in [1.82, 2.24) is 0 Å². The highest BCUT2D eigenvalue weighted by atomic mass is 28.2. The summed E-state index contributed by atoms with van der Waals surface area (Å²) in [6, 6.07) is 34.2. The summed E-state index contributed by atoms with van der Waals surface area (Å²) in [6.45, 7) is 9.16. The molecule has 0 saturated heterocycles. The molecule has 6 rings (SSSR count). The molecule has 2 unspecified atom stereocenters. The maximum absolute atomic E-state index is 2.47. The summed E-state index contributed by atoms with van der Waals surface area (Å²) < 4.78 is 0. The van der Waals surface area contributed by atoms with Gasteiger partial charge in [-0.1, -0.05) is 120 Å². The molecule has 1 heteroatoms. The molecule has 2 aliphatic rings. The van der Waals surface area contributed by atoms with Gasteiger partial charge in [-0.15, -0.1) is 0 Å². The van der Waals surface area contributed by atoms with E-state index in [2.05, 4.69) is 125 Å². The Kier molecular flexibility index (Phi) is 6.34. The van der Waals surface area contributed by atoms with E-state index in [-0.39, 0.29) is 9.52 Å². The van der Waals surface area contributed by atoms with Crippen LogP contribution in [0.25, 0.3) is 34.4 Å². The molecule has 2 atom stereocenters. The molecule has 0 spiro atoms. The summed E-state index contributed by atoms with van der Waals surface area (Å²) in [5.74, 6) is 1.18. The van der Waals surface area contributed by atoms with Crippen molar-refractivity contribution < 1.29 is 0 Å². The lowest BCUT2D eigenvalue weighted by Crippen LogP contribution is -2.07. The maximum Gasteiger partial charge on any atom is 0.0218 e. The molecule has 0 bridgehead atoms. The first-order chi connectivity index (χ1) is 18.0. The van der Waals surface area contributed by atoms with Gasteiger partial charge in [-0.05, 0) is 83.3 Å². The molecular weight excluding hydrogens is 460 g/mol. The van der Waals surface area contributed by atoms with Crippen molar-refractivity contribution in [3.05, 3.63) is 129 Å². The van der Waals surface area contributed by atoms with Crippen molar-refractivity contribution in [2.45, 2.75) is 51.6 Å². The number of hydrogen-bond donors (Lipinski definition) is 0. The molecule has 184 valence electrons. The van der Waals surface area contributed by atoms with Gasteiger partial charge < -0.3 is 0 Å². The van der Waals surface area contributed by atoms with Crippen LogP contribution in [0.1, 0.15) is 59.1 Å². The number of aryl methyl sites for hydroxylation is 2. The fraction of sp³-hybridized carbons (Fsp3) is 0.222. The highest BCUT2D eigenvalue weighted by molar-refractivity contribution is 6.36. The minimum absolute atomic E-state index is 0.238. The molecule has 4 aromatic rings. The Morgan fingerprint density at radius 1 is 0.486 bits per heavy atom. The van der Waals surface area contributed by atoms with Gasteiger partial charge in [0.05, 0.1) is 0 Å². The Bertz CT molecular complexity index is 1430. The van der Waals surface area contributed by atoms with E-state index in [1.54, 1.807) is 22.3 Å². The van der Waals surface area contributed by atoms with Gasteiger partial charge in [-0.25, -0.2) is 0 Å². The highest BCUT2D eigenvalue weighted by Gasteiger charge is 2.28. The van der Waals surface area contributed by atoms with Crippen LogP contribution in [-0.2, 0) is 0 Å². The topological polar surface area (TPSA) is 0 Å². The van der Waals surface area contributed by atoms with Crippen LogP contribution in [0.3, 0.4) is 0 Å². The predicted octanol–water partition coefficient (Wildman–Crippen LogP) is 9.34. The molecular formula is C36H36Si. The van der Waals surface area contributed by atoms with E-state index in [9.17, 15) is 0 Å². The zero-order valence-electron chi connectivity index (χ0n) is 22.5. The molecule has 0 N–H and O–H groups in total. The first kappa shape index (κ1) is 23.9. The van der Waals surface area contributed by atoms with Crippen molar-refractivity contribution >= 4 is 21.7 Å². The molecule has 2 aliphatic carbocycles. The van der Waals surface area contributed by atoms with Crippen LogP contribution in [0.15, 0.2) is 96.1 Å². The number of allylic oxidation sites excluding steroid dienone is 2. The second-order valence-corrected chi connectivity index (χ2v) is 12.9. The zero-order valence-corrected chi connectivity index (χ0v) is 23.9. The second kappa shape index (κ2) is 9.80. The highest BCUT2D eigenvalue weighted by Crippen LogP contribution is 2.46. The van der Waals surface area contributed by atoms with Crippen LogP contribution in [0.4, 0.5) is 0 Å². The van der Waals surface area contributed by atoms with Crippen molar-refractivity contribution in [1.29, 1.82) is 0 Å². The first-order valence-corrected chi connectivity index (χ1v) is 15.8. The summed E-state index contributed by atoms with van der Waals surface area (Å²) in [5.41, 5.74) is 17.3. The van der Waals surface area contributed by atoms with Crippen LogP contribution >= 0.6 is 0 Å². The van der Waals surface area contributed by atoms with Crippen molar-refractivity contribution in [2.24, 2.45) is 0 Å². The fourth-order valence-electron chi connectivity index (χ4n) is 6.76. The molecule has 0 fully saturated rings. The lowest BCUT2D eigenvalue weighted by Gasteiger charge is -2.19. The van der Waals surface area contributed by atoms with Gasteiger partial charge in [-0.2, -0.15) is 0 Å². The van der Waals surface area contributed by atoms with E-state index in [1.807, 2.05) is 0 Å².